The molecule has 0 heterocycles. The Morgan fingerprint density at radius 2 is 2.20 bits per heavy atom. The molecule has 3 heteroatoms. The average molecular weight is 204 g/mol. The average Bonchev–Trinajstić information content (AvgIpc) is 2.29. The molecule has 0 saturated carbocycles. The molecule has 1 N–H and O–H groups in total. The van der Waals surface area contributed by atoms with E-state index in [2.05, 4.69) is 0 Å². The summed E-state index contributed by atoms with van der Waals surface area (Å²) in [5.74, 6) is 0.568. The van der Waals surface area contributed by atoms with E-state index >= 15 is 0 Å². The summed E-state index contributed by atoms with van der Waals surface area (Å²) in [6.45, 7) is 0. The van der Waals surface area contributed by atoms with Gasteiger partial charge in [-0.25, -0.2) is 0 Å². The van der Waals surface area contributed by atoms with Crippen LogP contribution in [0.1, 0.15) is 22.3 Å². The number of benzene rings is 1. The highest BCUT2D eigenvalue weighted by molar-refractivity contribution is 6.10. The molecule has 15 heavy (non-hydrogen) atoms. The largest absolute Gasteiger partial charge is 0.515 e. The third-order valence-electron chi connectivity index (χ3n) is 2.67. The third kappa shape index (κ3) is 1.61. The molecule has 0 aliphatic heterocycles. The number of carbonyl (C=O) groups is 1. The van der Waals surface area contributed by atoms with Gasteiger partial charge in [-0.3, -0.25) is 4.79 Å². The summed E-state index contributed by atoms with van der Waals surface area (Å²) in [7, 11) is 1.57. The van der Waals surface area contributed by atoms with Gasteiger partial charge < -0.3 is 9.84 Å². The summed E-state index contributed by atoms with van der Waals surface area (Å²) >= 11 is 0. The summed E-state index contributed by atoms with van der Waals surface area (Å²) in [6.07, 6.45) is 2.30. The predicted molar refractivity (Wildman–Crippen MR) is 56.4 cm³/mol. The van der Waals surface area contributed by atoms with Gasteiger partial charge >= 0.3 is 0 Å². The van der Waals surface area contributed by atoms with Gasteiger partial charge in [0.2, 0.25) is 0 Å². The quantitative estimate of drug-likeness (QED) is 0.563. The van der Waals surface area contributed by atoms with Crippen LogP contribution in [0.5, 0.6) is 5.75 Å². The molecule has 78 valence electrons. The second-order valence-corrected chi connectivity index (χ2v) is 3.51. The fraction of sp³-hybridized carbons (Fsp3) is 0.250. The Morgan fingerprint density at radius 1 is 1.40 bits per heavy atom. The molecule has 0 atom stereocenters. The van der Waals surface area contributed by atoms with Crippen LogP contribution in [-0.2, 0) is 6.42 Å². The number of Topliss-reactive ketones (excluding diaryl/α,β-unsaturated/α-hetero) is 1. The second kappa shape index (κ2) is 3.77. The van der Waals surface area contributed by atoms with Crippen molar-refractivity contribution in [3.63, 3.8) is 0 Å². The number of carbonyl (C=O) groups excluding carboxylic acids is 1. The smallest absolute Gasteiger partial charge is 0.192 e. The van der Waals surface area contributed by atoms with Gasteiger partial charge in [-0.2, -0.15) is 0 Å². The van der Waals surface area contributed by atoms with Gasteiger partial charge in [0.25, 0.3) is 0 Å². The highest BCUT2D eigenvalue weighted by atomic mass is 16.5. The van der Waals surface area contributed by atoms with Gasteiger partial charge in [0.1, 0.15) is 5.75 Å². The van der Waals surface area contributed by atoms with E-state index in [1.165, 1.54) is 0 Å². The van der Waals surface area contributed by atoms with Crippen molar-refractivity contribution in [3.05, 3.63) is 41.2 Å². The first-order valence-corrected chi connectivity index (χ1v) is 4.81. The van der Waals surface area contributed by atoms with Crippen molar-refractivity contribution in [2.24, 2.45) is 0 Å². The molecule has 0 spiro atoms. The van der Waals surface area contributed by atoms with Gasteiger partial charge in [-0.15, -0.1) is 0 Å². The van der Waals surface area contributed by atoms with Crippen LogP contribution in [-0.4, -0.2) is 18.0 Å². The molecule has 0 radical (unpaired) electrons. The van der Waals surface area contributed by atoms with Crippen LogP contribution in [0, 0.1) is 0 Å². The molecule has 0 unspecified atom stereocenters. The molecule has 0 amide bonds. The number of hydrogen-bond acceptors (Lipinski definition) is 3. The van der Waals surface area contributed by atoms with E-state index in [-0.39, 0.29) is 5.78 Å². The second-order valence-electron chi connectivity index (χ2n) is 3.51. The van der Waals surface area contributed by atoms with Crippen LogP contribution in [0.4, 0.5) is 0 Å². The lowest BCUT2D eigenvalue weighted by Crippen LogP contribution is -2.14. The maximum Gasteiger partial charge on any atom is 0.192 e. The molecule has 0 bridgehead atoms. The minimum atomic E-state index is -0.0994. The van der Waals surface area contributed by atoms with Crippen molar-refractivity contribution in [3.8, 4) is 5.75 Å². The molecule has 0 saturated heterocycles. The number of methoxy groups -OCH3 is 1. The first-order valence-electron chi connectivity index (χ1n) is 4.81. The van der Waals surface area contributed by atoms with Gasteiger partial charge in [0.15, 0.2) is 5.78 Å². The fourth-order valence-electron chi connectivity index (χ4n) is 1.79. The molecule has 1 aliphatic carbocycles. The number of aliphatic hydroxyl groups is 1. The van der Waals surface area contributed by atoms with Crippen molar-refractivity contribution >= 4 is 5.78 Å². The minimum Gasteiger partial charge on any atom is -0.515 e. The Bertz CT molecular complexity index is 432. The van der Waals surface area contributed by atoms with Crippen molar-refractivity contribution in [1.29, 1.82) is 0 Å². The van der Waals surface area contributed by atoms with E-state index in [1.807, 2.05) is 12.1 Å². The van der Waals surface area contributed by atoms with Gasteiger partial charge in [-0.05, 0) is 30.5 Å². The van der Waals surface area contributed by atoms with Crippen LogP contribution >= 0.6 is 0 Å². The van der Waals surface area contributed by atoms with Crippen LogP contribution in [0.15, 0.2) is 30.0 Å². The molecule has 0 fully saturated rings. The summed E-state index contributed by atoms with van der Waals surface area (Å²) in [5, 5.41) is 8.90. The zero-order chi connectivity index (χ0) is 10.8. The monoisotopic (exact) mass is 204 g/mol. The Kier molecular flexibility index (Phi) is 2.46. The number of aryl methyl sites for hydroxylation is 1. The maximum absolute atomic E-state index is 11.8. The molecule has 3 nitrogen and oxygen atoms in total. The molecule has 1 aromatic carbocycles. The van der Waals surface area contributed by atoms with Crippen molar-refractivity contribution < 1.29 is 14.6 Å². The first kappa shape index (κ1) is 9.77. The number of aliphatic hydroxyl groups excluding tert-OH is 1. The zero-order valence-corrected chi connectivity index (χ0v) is 8.49. The normalized spacial score (nSPS) is 17.7. The van der Waals surface area contributed by atoms with Crippen molar-refractivity contribution in [1.82, 2.24) is 0 Å². The lowest BCUT2D eigenvalue weighted by atomic mass is 9.87. The van der Waals surface area contributed by atoms with Gasteiger partial charge in [-0.1, -0.05) is 6.07 Å². The number of ether oxygens (including phenoxy) is 1. The summed E-state index contributed by atoms with van der Waals surface area (Å²) < 4.78 is 5.06. The van der Waals surface area contributed by atoms with E-state index in [1.54, 1.807) is 13.2 Å². The number of fused-ring (bicyclic) bond motifs is 1. The summed E-state index contributed by atoms with van der Waals surface area (Å²) in [6, 6.07) is 5.47. The molecule has 0 aromatic heterocycles. The Morgan fingerprint density at radius 3 is 2.87 bits per heavy atom. The zero-order valence-electron chi connectivity index (χ0n) is 8.49. The standard InChI is InChI=1S/C12H12O3/c1-15-10-5-4-8-2-3-9(7-13)12(14)11(8)6-10/h4-7,13H,2-3H2,1H3/b9-7+. The summed E-state index contributed by atoms with van der Waals surface area (Å²) in [5.41, 5.74) is 2.13. The SMILES string of the molecule is COc1ccc2c(c1)C(=O)/C(=C/O)CC2. The van der Waals surface area contributed by atoms with Crippen LogP contribution in [0.3, 0.4) is 0 Å². The maximum atomic E-state index is 11.8. The number of allylic oxidation sites excluding steroid dienone is 1. The Balaban J connectivity index is 2.49. The van der Waals surface area contributed by atoms with E-state index in [0.29, 0.717) is 23.3 Å². The number of rotatable bonds is 1. The van der Waals surface area contributed by atoms with Crippen molar-refractivity contribution in [2.75, 3.05) is 7.11 Å². The number of ketones is 1. The topological polar surface area (TPSA) is 46.5 Å². The number of hydrogen-bond donors (Lipinski definition) is 1. The summed E-state index contributed by atoms with van der Waals surface area (Å²) in [4.78, 5) is 11.8. The molecule has 2 rings (SSSR count). The van der Waals surface area contributed by atoms with E-state index < -0.39 is 0 Å². The Hall–Kier alpha value is -1.77. The Labute approximate surface area is 88.0 Å². The third-order valence-corrected chi connectivity index (χ3v) is 2.67. The molecular formula is C12H12O3. The van der Waals surface area contributed by atoms with Gasteiger partial charge in [0, 0.05) is 11.1 Å². The molecule has 1 aliphatic rings. The fourth-order valence-corrected chi connectivity index (χ4v) is 1.79. The molecule has 1 aromatic rings. The van der Waals surface area contributed by atoms with Crippen LogP contribution in [0.2, 0.25) is 0 Å². The highest BCUT2D eigenvalue weighted by Crippen LogP contribution is 2.27. The van der Waals surface area contributed by atoms with E-state index in [4.69, 9.17) is 9.84 Å². The molecular weight excluding hydrogens is 192 g/mol. The van der Waals surface area contributed by atoms with Gasteiger partial charge in [0.05, 0.1) is 13.4 Å². The van der Waals surface area contributed by atoms with E-state index in [0.717, 1.165) is 18.2 Å². The predicted octanol–water partition coefficient (Wildman–Crippen LogP) is 2.27. The van der Waals surface area contributed by atoms with E-state index in [9.17, 15) is 4.79 Å². The lowest BCUT2D eigenvalue weighted by Gasteiger charge is -2.17. The highest BCUT2D eigenvalue weighted by Gasteiger charge is 2.22. The van der Waals surface area contributed by atoms with Crippen LogP contribution < -0.4 is 4.74 Å². The minimum absolute atomic E-state index is 0.0994. The first-order chi connectivity index (χ1) is 7.26. The van der Waals surface area contributed by atoms with Crippen molar-refractivity contribution in [2.45, 2.75) is 12.8 Å². The van der Waals surface area contributed by atoms with Crippen LogP contribution in [0.25, 0.3) is 0 Å². The lowest BCUT2D eigenvalue weighted by molar-refractivity contribution is 0.102.